The molecule has 1 aliphatic carbocycles. The molecule has 1 saturated carbocycles. The molecule has 2 atom stereocenters. The predicted octanol–water partition coefficient (Wildman–Crippen LogP) is 1.40. The van der Waals surface area contributed by atoms with Gasteiger partial charge in [0.2, 0.25) is 0 Å². The lowest BCUT2D eigenvalue weighted by Crippen LogP contribution is -2.41. The average molecular weight is 263 g/mol. The van der Waals surface area contributed by atoms with Gasteiger partial charge in [-0.25, -0.2) is 0 Å². The van der Waals surface area contributed by atoms with E-state index in [1.54, 1.807) is 0 Å². The molecule has 5 nitrogen and oxygen atoms in total. The first kappa shape index (κ1) is 12.3. The smallest absolute Gasteiger partial charge is 0.255 e. The highest BCUT2D eigenvalue weighted by Crippen LogP contribution is 2.38. The maximum absolute atomic E-state index is 12.1. The summed E-state index contributed by atoms with van der Waals surface area (Å²) in [6, 6.07) is 3.93. The second kappa shape index (κ2) is 4.74. The van der Waals surface area contributed by atoms with Crippen molar-refractivity contribution in [2.45, 2.75) is 31.4 Å². The van der Waals surface area contributed by atoms with Crippen LogP contribution in [-0.2, 0) is 4.74 Å². The van der Waals surface area contributed by atoms with Crippen LogP contribution in [-0.4, -0.2) is 34.9 Å². The number of phenolic OH excluding ortho intramolecular Hbond substituents is 2. The molecule has 0 spiro atoms. The van der Waals surface area contributed by atoms with E-state index in [0.717, 1.165) is 19.3 Å². The number of benzene rings is 1. The van der Waals surface area contributed by atoms with Crippen molar-refractivity contribution in [3.8, 4) is 11.5 Å². The Morgan fingerprint density at radius 3 is 2.79 bits per heavy atom. The molecule has 2 fully saturated rings. The molecule has 0 bridgehead atoms. The topological polar surface area (TPSA) is 78.8 Å². The van der Waals surface area contributed by atoms with Crippen LogP contribution in [0.1, 0.15) is 29.6 Å². The molecule has 1 amide bonds. The van der Waals surface area contributed by atoms with E-state index >= 15 is 0 Å². The quantitative estimate of drug-likeness (QED) is 0.720. The lowest BCUT2D eigenvalue weighted by Gasteiger charge is -2.19. The van der Waals surface area contributed by atoms with E-state index in [1.165, 1.54) is 18.2 Å². The Kier molecular flexibility index (Phi) is 3.06. The third-order valence-electron chi connectivity index (χ3n) is 3.76. The van der Waals surface area contributed by atoms with Gasteiger partial charge in [0.1, 0.15) is 11.5 Å². The largest absolute Gasteiger partial charge is 0.508 e. The van der Waals surface area contributed by atoms with Crippen molar-refractivity contribution in [2.24, 2.45) is 5.92 Å². The molecule has 1 saturated heterocycles. The monoisotopic (exact) mass is 263 g/mol. The van der Waals surface area contributed by atoms with Crippen molar-refractivity contribution in [2.75, 3.05) is 6.61 Å². The predicted molar refractivity (Wildman–Crippen MR) is 68.1 cm³/mol. The van der Waals surface area contributed by atoms with Crippen molar-refractivity contribution < 1.29 is 19.7 Å². The van der Waals surface area contributed by atoms with Gasteiger partial charge in [0.05, 0.1) is 17.7 Å². The molecule has 1 aromatic carbocycles. The number of aromatic hydroxyl groups is 2. The molecule has 5 heteroatoms. The summed E-state index contributed by atoms with van der Waals surface area (Å²) in [5, 5.41) is 21.9. The number of amides is 1. The number of ether oxygens (including phenoxy) is 1. The second-order valence-electron chi connectivity index (χ2n) is 5.24. The summed E-state index contributed by atoms with van der Waals surface area (Å²) in [5.41, 5.74) is 0.0986. The van der Waals surface area contributed by atoms with Crippen molar-refractivity contribution in [3.63, 3.8) is 0 Å². The molecule has 19 heavy (non-hydrogen) atoms. The van der Waals surface area contributed by atoms with Gasteiger partial charge in [0.25, 0.3) is 5.91 Å². The zero-order chi connectivity index (χ0) is 13.4. The highest BCUT2D eigenvalue weighted by atomic mass is 16.5. The highest BCUT2D eigenvalue weighted by Gasteiger charge is 2.41. The fourth-order valence-electron chi connectivity index (χ4n) is 2.61. The number of hydrogen-bond donors (Lipinski definition) is 3. The van der Waals surface area contributed by atoms with Crippen LogP contribution in [0.2, 0.25) is 0 Å². The minimum Gasteiger partial charge on any atom is -0.508 e. The molecular formula is C14H17NO4. The highest BCUT2D eigenvalue weighted by molar-refractivity contribution is 5.97. The fourth-order valence-corrected chi connectivity index (χ4v) is 2.61. The third-order valence-corrected chi connectivity index (χ3v) is 3.76. The van der Waals surface area contributed by atoms with Gasteiger partial charge in [-0.05, 0) is 43.4 Å². The Labute approximate surface area is 111 Å². The van der Waals surface area contributed by atoms with Crippen molar-refractivity contribution in [1.29, 1.82) is 0 Å². The van der Waals surface area contributed by atoms with Crippen LogP contribution in [0.5, 0.6) is 11.5 Å². The van der Waals surface area contributed by atoms with E-state index in [4.69, 9.17) is 4.74 Å². The second-order valence-corrected chi connectivity index (χ2v) is 5.24. The van der Waals surface area contributed by atoms with Gasteiger partial charge in [0.15, 0.2) is 0 Å². The van der Waals surface area contributed by atoms with Gasteiger partial charge in [-0.1, -0.05) is 0 Å². The number of carbonyl (C=O) groups is 1. The lowest BCUT2D eigenvalue weighted by atomic mass is 10.1. The molecule has 102 valence electrons. The van der Waals surface area contributed by atoms with E-state index in [-0.39, 0.29) is 35.1 Å². The van der Waals surface area contributed by atoms with Crippen molar-refractivity contribution in [3.05, 3.63) is 23.8 Å². The standard InChI is InChI=1S/C14H17NO4/c16-9-3-4-12(17)10(7-9)14(18)15-11-5-6-19-13(11)8-1-2-8/h3-4,7-8,11,13,16-17H,1-2,5-6H2,(H,15,18). The Morgan fingerprint density at radius 1 is 1.26 bits per heavy atom. The van der Waals surface area contributed by atoms with Crippen LogP contribution in [0.4, 0.5) is 0 Å². The van der Waals surface area contributed by atoms with Gasteiger partial charge in [-0.3, -0.25) is 4.79 Å². The molecule has 0 radical (unpaired) electrons. The molecule has 2 aliphatic rings. The first-order valence-electron chi connectivity index (χ1n) is 6.59. The summed E-state index contributed by atoms with van der Waals surface area (Å²) in [6.45, 7) is 0.665. The Morgan fingerprint density at radius 2 is 2.05 bits per heavy atom. The maximum atomic E-state index is 12.1. The summed E-state index contributed by atoms with van der Waals surface area (Å²) in [5.74, 6) is 0.0293. The summed E-state index contributed by atoms with van der Waals surface area (Å²) >= 11 is 0. The summed E-state index contributed by atoms with van der Waals surface area (Å²) in [6.07, 6.45) is 3.22. The molecule has 1 heterocycles. The minimum atomic E-state index is -0.366. The normalized spacial score (nSPS) is 26.3. The van der Waals surface area contributed by atoms with Gasteiger partial charge >= 0.3 is 0 Å². The van der Waals surface area contributed by atoms with E-state index in [1.807, 2.05) is 0 Å². The number of carbonyl (C=O) groups excluding carboxylic acids is 1. The van der Waals surface area contributed by atoms with Crippen molar-refractivity contribution in [1.82, 2.24) is 5.32 Å². The zero-order valence-electron chi connectivity index (χ0n) is 10.5. The van der Waals surface area contributed by atoms with Crippen LogP contribution < -0.4 is 5.32 Å². The van der Waals surface area contributed by atoms with Gasteiger partial charge < -0.3 is 20.3 Å². The Balaban J connectivity index is 1.72. The minimum absolute atomic E-state index is 0.00162. The van der Waals surface area contributed by atoms with Gasteiger partial charge in [-0.15, -0.1) is 0 Å². The number of phenols is 2. The Bertz CT molecular complexity index is 498. The van der Waals surface area contributed by atoms with Crippen LogP contribution >= 0.6 is 0 Å². The number of rotatable bonds is 3. The molecule has 3 rings (SSSR count). The summed E-state index contributed by atoms with van der Waals surface area (Å²) in [7, 11) is 0. The van der Waals surface area contributed by atoms with E-state index in [2.05, 4.69) is 5.32 Å². The maximum Gasteiger partial charge on any atom is 0.255 e. The number of nitrogens with one attached hydrogen (secondary N) is 1. The first-order chi connectivity index (χ1) is 9.15. The summed E-state index contributed by atoms with van der Waals surface area (Å²) in [4.78, 5) is 12.1. The molecule has 1 aliphatic heterocycles. The van der Waals surface area contributed by atoms with Crippen molar-refractivity contribution >= 4 is 5.91 Å². The third kappa shape index (κ3) is 2.51. The van der Waals surface area contributed by atoms with Crippen LogP contribution in [0, 0.1) is 5.92 Å². The Hall–Kier alpha value is -1.75. The molecule has 2 unspecified atom stereocenters. The fraction of sp³-hybridized carbons (Fsp3) is 0.500. The van der Waals surface area contributed by atoms with E-state index < -0.39 is 0 Å². The van der Waals surface area contributed by atoms with Crippen LogP contribution in [0.15, 0.2) is 18.2 Å². The van der Waals surface area contributed by atoms with Crippen LogP contribution in [0.3, 0.4) is 0 Å². The zero-order valence-corrected chi connectivity index (χ0v) is 10.5. The van der Waals surface area contributed by atoms with Gasteiger partial charge in [-0.2, -0.15) is 0 Å². The SMILES string of the molecule is O=C(NC1CCOC1C1CC1)c1cc(O)ccc1O. The molecular weight excluding hydrogens is 246 g/mol. The molecule has 3 N–H and O–H groups in total. The van der Waals surface area contributed by atoms with E-state index in [0.29, 0.717) is 12.5 Å². The van der Waals surface area contributed by atoms with E-state index in [9.17, 15) is 15.0 Å². The average Bonchev–Trinajstić information content (AvgIpc) is 3.13. The first-order valence-corrected chi connectivity index (χ1v) is 6.59. The summed E-state index contributed by atoms with van der Waals surface area (Å²) < 4.78 is 5.65. The van der Waals surface area contributed by atoms with Gasteiger partial charge in [0, 0.05) is 6.61 Å². The molecule has 0 aromatic heterocycles. The van der Waals surface area contributed by atoms with Crippen LogP contribution in [0.25, 0.3) is 0 Å². The lowest BCUT2D eigenvalue weighted by molar-refractivity contribution is 0.0728. The number of hydrogen-bond acceptors (Lipinski definition) is 4. The molecule has 1 aromatic rings.